The highest BCUT2D eigenvalue weighted by Gasteiger charge is 2.26. The lowest BCUT2D eigenvalue weighted by Crippen LogP contribution is -2.19. The standard InChI is InChI=1S/C15H22ClNO2S/c1-2-20(18,19)15-8-6-14(7-9-15)17-11-13-5-3-4-12(13)10-16/h6-9,12-13,17H,2-5,10-11H2,1H3. The number of benzene rings is 1. The summed E-state index contributed by atoms with van der Waals surface area (Å²) in [6.45, 7) is 2.57. The van der Waals surface area contributed by atoms with Crippen LogP contribution in [0.3, 0.4) is 0 Å². The molecule has 0 bridgehead atoms. The number of hydrogen-bond acceptors (Lipinski definition) is 3. The highest BCUT2D eigenvalue weighted by atomic mass is 35.5. The van der Waals surface area contributed by atoms with Crippen LogP contribution in [0.25, 0.3) is 0 Å². The van der Waals surface area contributed by atoms with Crippen molar-refractivity contribution >= 4 is 27.1 Å². The van der Waals surface area contributed by atoms with E-state index in [0.29, 0.717) is 16.7 Å². The van der Waals surface area contributed by atoms with Crippen LogP contribution < -0.4 is 5.32 Å². The summed E-state index contributed by atoms with van der Waals surface area (Å²) in [5.41, 5.74) is 0.972. The maximum absolute atomic E-state index is 11.7. The second-order valence-electron chi connectivity index (χ2n) is 5.41. The average Bonchev–Trinajstić information content (AvgIpc) is 2.93. The lowest BCUT2D eigenvalue weighted by Gasteiger charge is -2.18. The topological polar surface area (TPSA) is 46.2 Å². The molecule has 2 unspecified atom stereocenters. The van der Waals surface area contributed by atoms with Crippen LogP contribution in [-0.4, -0.2) is 26.6 Å². The fourth-order valence-electron chi connectivity index (χ4n) is 2.78. The van der Waals surface area contributed by atoms with Crippen molar-refractivity contribution in [1.29, 1.82) is 0 Å². The number of hydrogen-bond donors (Lipinski definition) is 1. The second-order valence-corrected chi connectivity index (χ2v) is 8.00. The van der Waals surface area contributed by atoms with Crippen molar-refractivity contribution in [2.45, 2.75) is 31.1 Å². The van der Waals surface area contributed by atoms with Gasteiger partial charge in [0.2, 0.25) is 0 Å². The summed E-state index contributed by atoms with van der Waals surface area (Å²) >= 11 is 5.98. The third-order valence-corrected chi connectivity index (χ3v) is 6.32. The fourth-order valence-corrected chi connectivity index (χ4v) is 4.07. The van der Waals surface area contributed by atoms with Crippen molar-refractivity contribution in [3.05, 3.63) is 24.3 Å². The molecule has 1 aromatic rings. The van der Waals surface area contributed by atoms with Gasteiger partial charge in [0.15, 0.2) is 9.84 Å². The highest BCUT2D eigenvalue weighted by molar-refractivity contribution is 7.91. The summed E-state index contributed by atoms with van der Waals surface area (Å²) in [6, 6.07) is 7.03. The first-order valence-electron chi connectivity index (χ1n) is 7.19. The Bertz CT molecular complexity index is 527. The third-order valence-electron chi connectivity index (χ3n) is 4.18. The van der Waals surface area contributed by atoms with Gasteiger partial charge in [-0.15, -0.1) is 11.6 Å². The monoisotopic (exact) mass is 315 g/mol. The normalized spacial score (nSPS) is 22.9. The van der Waals surface area contributed by atoms with Crippen molar-refractivity contribution in [2.75, 3.05) is 23.5 Å². The van der Waals surface area contributed by atoms with Crippen molar-refractivity contribution in [1.82, 2.24) is 0 Å². The van der Waals surface area contributed by atoms with Crippen LogP contribution in [-0.2, 0) is 9.84 Å². The van der Waals surface area contributed by atoms with Crippen LogP contribution in [0.1, 0.15) is 26.2 Å². The van der Waals surface area contributed by atoms with Gasteiger partial charge in [-0.2, -0.15) is 0 Å². The van der Waals surface area contributed by atoms with Crippen LogP contribution in [0.15, 0.2) is 29.2 Å². The summed E-state index contributed by atoms with van der Waals surface area (Å²) in [7, 11) is -3.10. The average molecular weight is 316 g/mol. The summed E-state index contributed by atoms with van der Waals surface area (Å²) in [5.74, 6) is 2.12. The minimum absolute atomic E-state index is 0.138. The molecule has 0 heterocycles. The Labute approximate surface area is 126 Å². The Kier molecular flexibility index (Phi) is 5.33. The number of sulfone groups is 1. The van der Waals surface area contributed by atoms with Gasteiger partial charge in [-0.1, -0.05) is 13.3 Å². The molecule has 1 aliphatic carbocycles. The van der Waals surface area contributed by atoms with Crippen molar-refractivity contribution < 1.29 is 8.42 Å². The molecule has 1 aromatic carbocycles. The number of rotatable bonds is 6. The molecule has 1 aliphatic rings. The first-order valence-corrected chi connectivity index (χ1v) is 9.38. The maximum Gasteiger partial charge on any atom is 0.178 e. The fraction of sp³-hybridized carbons (Fsp3) is 0.600. The van der Waals surface area contributed by atoms with E-state index >= 15 is 0 Å². The molecule has 1 fully saturated rings. The van der Waals surface area contributed by atoms with Gasteiger partial charge >= 0.3 is 0 Å². The first-order chi connectivity index (χ1) is 9.56. The lowest BCUT2D eigenvalue weighted by atomic mass is 9.98. The molecule has 2 atom stereocenters. The summed E-state index contributed by atoms with van der Waals surface area (Å²) in [4.78, 5) is 0.394. The molecule has 0 spiro atoms. The van der Waals surface area contributed by atoms with Gasteiger partial charge in [0, 0.05) is 18.1 Å². The molecule has 0 radical (unpaired) electrons. The Hall–Kier alpha value is -0.740. The molecule has 0 saturated heterocycles. The number of halogens is 1. The Morgan fingerprint density at radius 3 is 2.45 bits per heavy atom. The van der Waals surface area contributed by atoms with Crippen LogP contribution in [0, 0.1) is 11.8 Å². The van der Waals surface area contributed by atoms with E-state index < -0.39 is 9.84 Å². The van der Waals surface area contributed by atoms with Crippen LogP contribution in [0.5, 0.6) is 0 Å². The van der Waals surface area contributed by atoms with E-state index in [9.17, 15) is 8.42 Å². The summed E-state index contributed by atoms with van der Waals surface area (Å²) in [6.07, 6.45) is 3.72. The molecule has 5 heteroatoms. The zero-order valence-electron chi connectivity index (χ0n) is 11.8. The molecule has 3 nitrogen and oxygen atoms in total. The Morgan fingerprint density at radius 1 is 1.20 bits per heavy atom. The predicted octanol–water partition coefficient (Wildman–Crippen LogP) is 3.55. The van der Waals surface area contributed by atoms with Crippen molar-refractivity contribution in [3.8, 4) is 0 Å². The summed E-state index contributed by atoms with van der Waals surface area (Å²) in [5, 5.41) is 3.39. The van der Waals surface area contributed by atoms with Crippen molar-refractivity contribution in [3.63, 3.8) is 0 Å². The Balaban J connectivity index is 1.94. The predicted molar refractivity (Wildman–Crippen MR) is 84.2 cm³/mol. The minimum atomic E-state index is -3.10. The molecule has 0 amide bonds. The maximum atomic E-state index is 11.7. The molecule has 0 aromatic heterocycles. The second kappa shape index (κ2) is 6.81. The van der Waals surface area contributed by atoms with E-state index in [2.05, 4.69) is 5.32 Å². The largest absolute Gasteiger partial charge is 0.385 e. The molecular weight excluding hydrogens is 294 g/mol. The molecule has 1 N–H and O–H groups in total. The van der Waals surface area contributed by atoms with Gasteiger partial charge in [-0.05, 0) is 48.9 Å². The molecule has 2 rings (SSSR count). The molecular formula is C15H22ClNO2S. The van der Waals surface area contributed by atoms with Crippen LogP contribution >= 0.6 is 11.6 Å². The SMILES string of the molecule is CCS(=O)(=O)c1ccc(NCC2CCCC2CCl)cc1. The van der Waals surface area contributed by atoms with Gasteiger partial charge < -0.3 is 5.32 Å². The zero-order chi connectivity index (χ0) is 14.6. The van der Waals surface area contributed by atoms with E-state index in [4.69, 9.17) is 11.6 Å². The van der Waals surface area contributed by atoms with Crippen LogP contribution in [0.2, 0.25) is 0 Å². The number of alkyl halides is 1. The molecule has 112 valence electrons. The Morgan fingerprint density at radius 2 is 1.85 bits per heavy atom. The third kappa shape index (κ3) is 3.67. The van der Waals surface area contributed by atoms with Crippen LogP contribution in [0.4, 0.5) is 5.69 Å². The lowest BCUT2D eigenvalue weighted by molar-refractivity contribution is 0.444. The van der Waals surface area contributed by atoms with Gasteiger partial charge in [0.25, 0.3) is 0 Å². The quantitative estimate of drug-likeness (QED) is 0.817. The zero-order valence-corrected chi connectivity index (χ0v) is 13.4. The summed E-state index contributed by atoms with van der Waals surface area (Å²) < 4.78 is 23.5. The van der Waals surface area contributed by atoms with E-state index in [1.165, 1.54) is 19.3 Å². The highest BCUT2D eigenvalue weighted by Crippen LogP contribution is 2.32. The first kappa shape index (κ1) is 15.6. The van der Waals surface area contributed by atoms with E-state index in [1.807, 2.05) is 12.1 Å². The van der Waals surface area contributed by atoms with Gasteiger partial charge in [0.1, 0.15) is 0 Å². The van der Waals surface area contributed by atoms with E-state index in [0.717, 1.165) is 18.1 Å². The smallest absolute Gasteiger partial charge is 0.178 e. The molecule has 1 saturated carbocycles. The number of anilines is 1. The van der Waals surface area contributed by atoms with Gasteiger partial charge in [0.05, 0.1) is 10.6 Å². The number of nitrogens with one attached hydrogen (secondary N) is 1. The molecule has 0 aliphatic heterocycles. The van der Waals surface area contributed by atoms with Gasteiger partial charge in [-0.3, -0.25) is 0 Å². The van der Waals surface area contributed by atoms with E-state index in [-0.39, 0.29) is 5.75 Å². The minimum Gasteiger partial charge on any atom is -0.385 e. The van der Waals surface area contributed by atoms with Gasteiger partial charge in [-0.25, -0.2) is 8.42 Å². The molecule has 20 heavy (non-hydrogen) atoms. The van der Waals surface area contributed by atoms with E-state index in [1.54, 1.807) is 19.1 Å². The van der Waals surface area contributed by atoms with Crippen molar-refractivity contribution in [2.24, 2.45) is 11.8 Å².